The van der Waals surface area contributed by atoms with Crippen LogP contribution in [0, 0.1) is 14.9 Å². The van der Waals surface area contributed by atoms with Crippen LogP contribution in [0.25, 0.3) is 0 Å². The Morgan fingerprint density at radius 1 is 1.47 bits per heavy atom. The number of hydrogen-bond donors (Lipinski definition) is 2. The molecule has 2 N–H and O–H groups in total. The van der Waals surface area contributed by atoms with Gasteiger partial charge in [0.25, 0.3) is 0 Å². The van der Waals surface area contributed by atoms with Crippen molar-refractivity contribution in [1.82, 2.24) is 0 Å². The second-order valence-electron chi connectivity index (χ2n) is 4.09. The molecule has 1 aromatic rings. The average Bonchev–Trinajstić information content (AvgIpc) is 2.29. The Bertz CT molecular complexity index is 438. The number of hydrogen-bond acceptors (Lipinski definition) is 3. The van der Waals surface area contributed by atoms with Crippen LogP contribution in [0.5, 0.6) is 0 Å². The van der Waals surface area contributed by atoms with Gasteiger partial charge in [0.15, 0.2) is 0 Å². The molecule has 2 atom stereocenters. The van der Waals surface area contributed by atoms with E-state index in [1.165, 1.54) is 0 Å². The fourth-order valence-corrected chi connectivity index (χ4v) is 2.53. The summed E-state index contributed by atoms with van der Waals surface area (Å²) in [5.41, 5.74) is 2.85. The minimum atomic E-state index is -0.409. The second-order valence-corrected chi connectivity index (χ2v) is 5.17. The van der Waals surface area contributed by atoms with Crippen LogP contribution in [0.1, 0.15) is 31.9 Å². The second kappa shape index (κ2) is 6.22. The largest absolute Gasteiger partial charge is 0.391 e. The van der Waals surface area contributed by atoms with E-state index in [1.54, 1.807) is 6.92 Å². The van der Waals surface area contributed by atoms with Crippen molar-refractivity contribution in [3.8, 4) is 6.07 Å². The van der Waals surface area contributed by atoms with Gasteiger partial charge in [-0.1, -0.05) is 6.92 Å². The van der Waals surface area contributed by atoms with Gasteiger partial charge < -0.3 is 10.4 Å². The first kappa shape index (κ1) is 14.3. The van der Waals surface area contributed by atoms with Crippen LogP contribution >= 0.6 is 22.6 Å². The van der Waals surface area contributed by atoms with E-state index in [0.29, 0.717) is 5.56 Å². The van der Waals surface area contributed by atoms with E-state index in [9.17, 15) is 5.11 Å². The van der Waals surface area contributed by atoms with Crippen LogP contribution in [0.3, 0.4) is 0 Å². The van der Waals surface area contributed by atoms with Gasteiger partial charge in [0.05, 0.1) is 11.7 Å². The van der Waals surface area contributed by atoms with Gasteiger partial charge in [-0.3, -0.25) is 0 Å². The summed E-state index contributed by atoms with van der Waals surface area (Å²) in [4.78, 5) is 0. The number of rotatable bonds is 4. The molecule has 0 spiro atoms. The Labute approximate surface area is 116 Å². The lowest BCUT2D eigenvalue weighted by molar-refractivity contribution is 0.178. The predicted molar refractivity (Wildman–Crippen MR) is 78.0 cm³/mol. The zero-order valence-electron chi connectivity index (χ0n) is 10.3. The quantitative estimate of drug-likeness (QED) is 0.826. The molecular weight excluding hydrogens is 327 g/mol. The monoisotopic (exact) mass is 344 g/mol. The van der Waals surface area contributed by atoms with E-state index in [-0.39, 0.29) is 6.04 Å². The number of aliphatic hydroxyl groups is 1. The van der Waals surface area contributed by atoms with Gasteiger partial charge in [-0.15, -0.1) is 0 Å². The highest BCUT2D eigenvalue weighted by molar-refractivity contribution is 14.1. The van der Waals surface area contributed by atoms with Gasteiger partial charge in [-0.25, -0.2) is 0 Å². The van der Waals surface area contributed by atoms with E-state index < -0.39 is 6.10 Å². The number of benzene rings is 1. The molecule has 0 radical (unpaired) electrons. The molecule has 0 unspecified atom stereocenters. The molecule has 0 aromatic heterocycles. The Morgan fingerprint density at radius 3 is 2.59 bits per heavy atom. The zero-order valence-corrected chi connectivity index (χ0v) is 12.4. The number of aliphatic hydroxyl groups excluding tert-OH is 1. The van der Waals surface area contributed by atoms with Crippen molar-refractivity contribution >= 4 is 28.3 Å². The molecule has 0 aliphatic heterocycles. The Morgan fingerprint density at radius 2 is 2.12 bits per heavy atom. The standard InChI is InChI=1S/C13H17IN2O/c1-4-11-12(16-8(2)9(3)17)6-5-10(7-15)13(11)14/h5-6,8-9,16-17H,4H2,1-3H3/t8-,9+/m0/s1. The number of nitriles is 1. The van der Waals surface area contributed by atoms with Crippen LogP contribution in [0.4, 0.5) is 5.69 Å². The molecule has 0 bridgehead atoms. The summed E-state index contributed by atoms with van der Waals surface area (Å²) in [6, 6.07) is 5.91. The van der Waals surface area contributed by atoms with E-state index in [1.807, 2.05) is 19.1 Å². The van der Waals surface area contributed by atoms with Gasteiger partial charge in [-0.2, -0.15) is 5.26 Å². The molecule has 0 saturated heterocycles. The highest BCUT2D eigenvalue weighted by Gasteiger charge is 2.13. The predicted octanol–water partition coefficient (Wildman–Crippen LogP) is 2.91. The van der Waals surface area contributed by atoms with Gasteiger partial charge >= 0.3 is 0 Å². The van der Waals surface area contributed by atoms with E-state index in [2.05, 4.69) is 40.9 Å². The maximum atomic E-state index is 9.50. The summed E-state index contributed by atoms with van der Waals surface area (Å²) in [7, 11) is 0. The Kier molecular flexibility index (Phi) is 5.22. The van der Waals surface area contributed by atoms with E-state index >= 15 is 0 Å². The molecule has 17 heavy (non-hydrogen) atoms. The van der Waals surface area contributed by atoms with Crippen molar-refractivity contribution in [2.24, 2.45) is 0 Å². The van der Waals surface area contributed by atoms with Crippen molar-refractivity contribution in [1.29, 1.82) is 5.26 Å². The summed E-state index contributed by atoms with van der Waals surface area (Å²) < 4.78 is 0.996. The van der Waals surface area contributed by atoms with E-state index in [4.69, 9.17) is 5.26 Å². The molecule has 0 aliphatic carbocycles. The Hall–Kier alpha value is -0.800. The fourth-order valence-electron chi connectivity index (χ4n) is 1.55. The van der Waals surface area contributed by atoms with Crippen molar-refractivity contribution in [3.05, 3.63) is 26.8 Å². The molecule has 0 saturated carbocycles. The number of anilines is 1. The molecule has 0 amide bonds. The van der Waals surface area contributed by atoms with Crippen LogP contribution in [-0.4, -0.2) is 17.3 Å². The highest BCUT2D eigenvalue weighted by atomic mass is 127. The van der Waals surface area contributed by atoms with Crippen molar-refractivity contribution < 1.29 is 5.11 Å². The number of halogens is 1. The van der Waals surface area contributed by atoms with Crippen LogP contribution in [0.2, 0.25) is 0 Å². The average molecular weight is 344 g/mol. The molecule has 0 heterocycles. The first-order valence-electron chi connectivity index (χ1n) is 5.67. The first-order chi connectivity index (χ1) is 8.01. The SMILES string of the molecule is CCc1c(N[C@@H](C)[C@@H](C)O)ccc(C#N)c1I. The van der Waals surface area contributed by atoms with Crippen molar-refractivity contribution in [2.75, 3.05) is 5.32 Å². The van der Waals surface area contributed by atoms with Crippen LogP contribution in [-0.2, 0) is 6.42 Å². The summed E-state index contributed by atoms with van der Waals surface area (Å²) in [5, 5.41) is 21.8. The van der Waals surface area contributed by atoms with E-state index in [0.717, 1.165) is 21.2 Å². The van der Waals surface area contributed by atoms with Crippen LogP contribution < -0.4 is 5.32 Å². The minimum absolute atomic E-state index is 0.0102. The van der Waals surface area contributed by atoms with Gasteiger partial charge in [-0.05, 0) is 60.6 Å². The summed E-state index contributed by atoms with van der Waals surface area (Å²) in [5.74, 6) is 0. The highest BCUT2D eigenvalue weighted by Crippen LogP contribution is 2.26. The molecular formula is C13H17IN2O. The molecule has 1 rings (SSSR count). The topological polar surface area (TPSA) is 56.0 Å². The summed E-state index contributed by atoms with van der Waals surface area (Å²) in [6.45, 7) is 5.77. The molecule has 3 nitrogen and oxygen atoms in total. The molecule has 4 heteroatoms. The summed E-state index contributed by atoms with van der Waals surface area (Å²) in [6.07, 6.45) is 0.454. The maximum absolute atomic E-state index is 9.50. The molecule has 92 valence electrons. The lowest BCUT2D eigenvalue weighted by Gasteiger charge is -2.21. The third-order valence-corrected chi connectivity index (χ3v) is 4.06. The lowest BCUT2D eigenvalue weighted by atomic mass is 10.1. The fraction of sp³-hybridized carbons (Fsp3) is 0.462. The normalized spacial score (nSPS) is 13.9. The smallest absolute Gasteiger partial charge is 0.100 e. The van der Waals surface area contributed by atoms with Gasteiger partial charge in [0.2, 0.25) is 0 Å². The maximum Gasteiger partial charge on any atom is 0.100 e. The third kappa shape index (κ3) is 3.33. The Balaban J connectivity index is 3.10. The van der Waals surface area contributed by atoms with Gasteiger partial charge in [0.1, 0.15) is 6.07 Å². The lowest BCUT2D eigenvalue weighted by Crippen LogP contribution is -2.28. The van der Waals surface area contributed by atoms with Gasteiger partial charge in [0, 0.05) is 15.3 Å². The number of nitrogens with one attached hydrogen (secondary N) is 1. The van der Waals surface area contributed by atoms with Crippen LogP contribution in [0.15, 0.2) is 12.1 Å². The van der Waals surface area contributed by atoms with Crippen molar-refractivity contribution in [2.45, 2.75) is 39.3 Å². The molecule has 0 fully saturated rings. The number of nitrogens with zero attached hydrogens (tertiary/aromatic N) is 1. The molecule has 0 aliphatic rings. The van der Waals surface area contributed by atoms with Crippen molar-refractivity contribution in [3.63, 3.8) is 0 Å². The minimum Gasteiger partial charge on any atom is -0.391 e. The summed E-state index contributed by atoms with van der Waals surface area (Å²) >= 11 is 2.21. The third-order valence-electron chi connectivity index (χ3n) is 2.82. The first-order valence-corrected chi connectivity index (χ1v) is 6.75. The molecule has 1 aromatic carbocycles. The zero-order chi connectivity index (χ0) is 13.0.